The van der Waals surface area contributed by atoms with E-state index >= 15 is 0 Å². The van der Waals surface area contributed by atoms with Crippen LogP contribution < -0.4 is 4.74 Å². The molecule has 1 unspecified atom stereocenters. The summed E-state index contributed by atoms with van der Waals surface area (Å²) in [6.45, 7) is 3.77. The Bertz CT molecular complexity index is 1180. The van der Waals surface area contributed by atoms with Crippen molar-refractivity contribution in [1.82, 2.24) is 19.5 Å². The van der Waals surface area contributed by atoms with Crippen molar-refractivity contribution in [3.8, 4) is 11.6 Å². The van der Waals surface area contributed by atoms with Crippen LogP contribution in [0.15, 0.2) is 48.5 Å². The summed E-state index contributed by atoms with van der Waals surface area (Å²) in [5.41, 5.74) is 3.86. The van der Waals surface area contributed by atoms with Crippen molar-refractivity contribution in [2.24, 2.45) is 0 Å². The summed E-state index contributed by atoms with van der Waals surface area (Å²) < 4.78 is 6.92. The minimum atomic E-state index is -0.0807. The summed E-state index contributed by atoms with van der Waals surface area (Å²) in [4.78, 5) is 8.60. The Morgan fingerprint density at radius 2 is 1.90 bits per heavy atom. The molecule has 6 nitrogen and oxygen atoms in total. The number of benzene rings is 2. The topological polar surface area (TPSA) is 62.9 Å². The molecule has 0 bridgehead atoms. The van der Waals surface area contributed by atoms with E-state index in [2.05, 4.69) is 51.4 Å². The largest absolute Gasteiger partial charge is 0.497 e. The fraction of sp³-hybridized carbons (Fsp3) is 0.304. The summed E-state index contributed by atoms with van der Waals surface area (Å²) in [6, 6.07) is 16.6. The molecule has 0 radical (unpaired) electrons. The zero-order valence-corrected chi connectivity index (χ0v) is 17.9. The van der Waals surface area contributed by atoms with E-state index in [1.54, 1.807) is 11.6 Å². The van der Waals surface area contributed by atoms with Crippen LogP contribution in [0, 0.1) is 0 Å². The molecule has 3 heterocycles. The fourth-order valence-corrected chi connectivity index (χ4v) is 5.31. The Morgan fingerprint density at radius 3 is 2.60 bits per heavy atom. The molecule has 7 heteroatoms. The van der Waals surface area contributed by atoms with Gasteiger partial charge in [0, 0.05) is 19.5 Å². The molecule has 154 valence electrons. The van der Waals surface area contributed by atoms with Gasteiger partial charge in [-0.15, -0.1) is 5.10 Å². The molecular weight excluding hydrogens is 396 g/mol. The van der Waals surface area contributed by atoms with Crippen LogP contribution in [0.25, 0.3) is 4.96 Å². The first-order valence-corrected chi connectivity index (χ1v) is 11.0. The van der Waals surface area contributed by atoms with Crippen LogP contribution in [0.2, 0.25) is 0 Å². The highest BCUT2D eigenvalue weighted by molar-refractivity contribution is 7.17. The SMILES string of the molecule is CCc1nc2sc(C(c3ccc(OC)cc3)N3CCc4ccccc4C3)c(O)n2n1. The molecule has 0 spiro atoms. The molecule has 2 aromatic heterocycles. The number of nitrogens with zero attached hydrogens (tertiary/aromatic N) is 4. The van der Waals surface area contributed by atoms with Gasteiger partial charge >= 0.3 is 0 Å². The van der Waals surface area contributed by atoms with Crippen LogP contribution in [-0.2, 0) is 19.4 Å². The minimum absolute atomic E-state index is 0.0807. The van der Waals surface area contributed by atoms with Crippen molar-refractivity contribution >= 4 is 16.3 Å². The number of ether oxygens (including phenoxy) is 1. The third-order valence-corrected chi connectivity index (χ3v) is 6.84. The van der Waals surface area contributed by atoms with Crippen molar-refractivity contribution in [3.63, 3.8) is 0 Å². The average molecular weight is 421 g/mol. The number of hydrogen-bond donors (Lipinski definition) is 1. The average Bonchev–Trinajstić information content (AvgIpc) is 3.33. The van der Waals surface area contributed by atoms with Gasteiger partial charge in [0.2, 0.25) is 10.8 Å². The lowest BCUT2D eigenvalue weighted by Gasteiger charge is -2.35. The monoisotopic (exact) mass is 420 g/mol. The van der Waals surface area contributed by atoms with E-state index in [9.17, 15) is 5.11 Å². The van der Waals surface area contributed by atoms with Crippen LogP contribution in [0.1, 0.15) is 40.4 Å². The molecule has 0 aliphatic carbocycles. The molecular formula is C23H24N4O2S. The van der Waals surface area contributed by atoms with Crippen LogP contribution >= 0.6 is 11.3 Å². The molecule has 1 N–H and O–H groups in total. The first kappa shape index (κ1) is 19.1. The van der Waals surface area contributed by atoms with Gasteiger partial charge in [-0.1, -0.05) is 54.7 Å². The molecule has 1 aliphatic heterocycles. The Balaban J connectivity index is 1.60. The lowest BCUT2D eigenvalue weighted by Crippen LogP contribution is -2.34. The number of aromatic nitrogens is 3. The van der Waals surface area contributed by atoms with Crippen LogP contribution in [0.5, 0.6) is 11.6 Å². The summed E-state index contributed by atoms with van der Waals surface area (Å²) >= 11 is 1.51. The molecule has 1 atom stereocenters. The predicted molar refractivity (Wildman–Crippen MR) is 117 cm³/mol. The fourth-order valence-electron chi connectivity index (χ4n) is 4.17. The highest BCUT2D eigenvalue weighted by atomic mass is 32.1. The molecule has 0 amide bonds. The minimum Gasteiger partial charge on any atom is -0.497 e. The van der Waals surface area contributed by atoms with E-state index in [1.807, 2.05) is 19.1 Å². The molecule has 1 aliphatic rings. The van der Waals surface area contributed by atoms with Gasteiger partial charge in [-0.3, -0.25) is 4.90 Å². The first-order chi connectivity index (χ1) is 14.7. The van der Waals surface area contributed by atoms with E-state index in [0.717, 1.165) is 52.9 Å². The summed E-state index contributed by atoms with van der Waals surface area (Å²) in [5, 5.41) is 15.5. The number of aryl methyl sites for hydroxylation is 1. The van der Waals surface area contributed by atoms with Crippen molar-refractivity contribution < 1.29 is 9.84 Å². The van der Waals surface area contributed by atoms with Gasteiger partial charge in [0.25, 0.3) is 0 Å². The van der Waals surface area contributed by atoms with Crippen molar-refractivity contribution in [3.05, 3.63) is 75.9 Å². The van der Waals surface area contributed by atoms with Gasteiger partial charge in [-0.25, -0.2) is 4.98 Å². The maximum atomic E-state index is 11.1. The number of aromatic hydroxyl groups is 1. The van der Waals surface area contributed by atoms with E-state index in [-0.39, 0.29) is 11.9 Å². The van der Waals surface area contributed by atoms with E-state index in [4.69, 9.17) is 4.74 Å². The summed E-state index contributed by atoms with van der Waals surface area (Å²) in [7, 11) is 1.67. The maximum Gasteiger partial charge on any atom is 0.230 e. The Morgan fingerprint density at radius 1 is 1.13 bits per heavy atom. The second-order valence-electron chi connectivity index (χ2n) is 7.53. The lowest BCUT2D eigenvalue weighted by atomic mass is 9.95. The summed E-state index contributed by atoms with van der Waals surface area (Å²) in [5.74, 6) is 1.75. The quantitative estimate of drug-likeness (QED) is 0.524. The van der Waals surface area contributed by atoms with Crippen LogP contribution in [-0.4, -0.2) is 38.3 Å². The molecule has 0 saturated carbocycles. The van der Waals surface area contributed by atoms with E-state index < -0.39 is 0 Å². The smallest absolute Gasteiger partial charge is 0.230 e. The molecule has 0 saturated heterocycles. The molecule has 2 aromatic carbocycles. The number of fused-ring (bicyclic) bond motifs is 2. The van der Waals surface area contributed by atoms with Crippen LogP contribution in [0.4, 0.5) is 0 Å². The highest BCUT2D eigenvalue weighted by Gasteiger charge is 2.31. The second kappa shape index (κ2) is 7.74. The van der Waals surface area contributed by atoms with E-state index in [0.29, 0.717) is 0 Å². The van der Waals surface area contributed by atoms with Gasteiger partial charge in [-0.05, 0) is 35.2 Å². The summed E-state index contributed by atoms with van der Waals surface area (Å²) in [6.07, 6.45) is 1.73. The van der Waals surface area contributed by atoms with E-state index in [1.165, 1.54) is 22.5 Å². The molecule has 5 rings (SSSR count). The third kappa shape index (κ3) is 3.24. The Labute approximate surface area is 179 Å². The van der Waals surface area contributed by atoms with Crippen molar-refractivity contribution in [2.75, 3.05) is 13.7 Å². The van der Waals surface area contributed by atoms with Crippen LogP contribution in [0.3, 0.4) is 0 Å². The highest BCUT2D eigenvalue weighted by Crippen LogP contribution is 2.41. The maximum absolute atomic E-state index is 11.1. The number of methoxy groups -OCH3 is 1. The standard InChI is InChI=1S/C23H24N4O2S/c1-3-19-24-23-27(25-19)22(28)21(30-23)20(16-8-10-18(29-2)11-9-16)26-13-12-15-6-4-5-7-17(15)14-26/h4-11,20,28H,3,12-14H2,1-2H3. The Kier molecular flexibility index (Phi) is 4.92. The molecule has 0 fully saturated rings. The second-order valence-corrected chi connectivity index (χ2v) is 8.54. The third-order valence-electron chi connectivity index (χ3n) is 5.77. The first-order valence-electron chi connectivity index (χ1n) is 10.2. The molecule has 4 aromatic rings. The number of hydrogen-bond acceptors (Lipinski definition) is 6. The lowest BCUT2D eigenvalue weighted by molar-refractivity contribution is 0.205. The Hall–Kier alpha value is -2.90. The molecule has 30 heavy (non-hydrogen) atoms. The van der Waals surface area contributed by atoms with Gasteiger partial charge in [0.15, 0.2) is 5.82 Å². The zero-order valence-electron chi connectivity index (χ0n) is 17.1. The van der Waals surface area contributed by atoms with Gasteiger partial charge in [0.05, 0.1) is 18.0 Å². The number of rotatable bonds is 5. The van der Waals surface area contributed by atoms with Crippen molar-refractivity contribution in [2.45, 2.75) is 32.4 Å². The van der Waals surface area contributed by atoms with Gasteiger partial charge in [0.1, 0.15) is 5.75 Å². The van der Waals surface area contributed by atoms with Gasteiger partial charge in [-0.2, -0.15) is 4.52 Å². The predicted octanol–water partition coefficient (Wildman–Crippen LogP) is 4.22. The van der Waals surface area contributed by atoms with Gasteiger partial charge < -0.3 is 9.84 Å². The zero-order chi connectivity index (χ0) is 20.7. The normalized spacial score (nSPS) is 15.3. The number of thiazole rings is 1. The van der Waals surface area contributed by atoms with Crippen molar-refractivity contribution in [1.29, 1.82) is 0 Å².